The van der Waals surface area contributed by atoms with Gasteiger partial charge in [-0.15, -0.1) is 0 Å². The summed E-state index contributed by atoms with van der Waals surface area (Å²) in [7, 11) is 0. The molecule has 0 aromatic carbocycles. The molecule has 68 heavy (non-hydrogen) atoms. The largest absolute Gasteiger partial charge is 0.394 e. The van der Waals surface area contributed by atoms with Crippen molar-refractivity contribution in [2.75, 3.05) is 19.8 Å². The van der Waals surface area contributed by atoms with Crippen molar-refractivity contribution in [1.29, 1.82) is 0 Å². The van der Waals surface area contributed by atoms with Crippen LogP contribution in [0.15, 0.2) is 36.5 Å². The summed E-state index contributed by atoms with van der Waals surface area (Å²) >= 11 is 0. The van der Waals surface area contributed by atoms with Gasteiger partial charge in [0.2, 0.25) is 5.91 Å². The second-order valence-electron chi connectivity index (χ2n) is 19.3. The number of carbonyl (C=O) groups excluding carboxylic acids is 1. The zero-order valence-corrected chi connectivity index (χ0v) is 42.3. The highest BCUT2D eigenvalue weighted by atomic mass is 16.7. The Morgan fingerprint density at radius 2 is 1.01 bits per heavy atom. The van der Waals surface area contributed by atoms with E-state index in [1.165, 1.54) is 96.3 Å². The van der Waals surface area contributed by atoms with Gasteiger partial charge in [0, 0.05) is 6.42 Å². The van der Waals surface area contributed by atoms with Gasteiger partial charge >= 0.3 is 0 Å². The molecule has 14 nitrogen and oxygen atoms in total. The first-order valence-corrected chi connectivity index (χ1v) is 27.2. The second-order valence-corrected chi connectivity index (χ2v) is 19.3. The third-order valence-corrected chi connectivity index (χ3v) is 13.4. The number of allylic oxidation sites excluding steroid dienone is 6. The van der Waals surface area contributed by atoms with E-state index in [0.717, 1.165) is 77.0 Å². The molecule has 0 aliphatic carbocycles. The van der Waals surface area contributed by atoms with Crippen LogP contribution in [0.3, 0.4) is 0 Å². The number of nitrogens with one attached hydrogen (secondary N) is 1. The van der Waals surface area contributed by atoms with E-state index in [0.29, 0.717) is 12.8 Å². The van der Waals surface area contributed by atoms with Crippen molar-refractivity contribution in [2.24, 2.45) is 0 Å². The number of amides is 1. The molecule has 2 aliphatic rings. The van der Waals surface area contributed by atoms with Crippen LogP contribution in [0.25, 0.3) is 0 Å². The number of ether oxygens (including phenoxy) is 4. The molecule has 14 heteroatoms. The molecule has 0 aromatic rings. The van der Waals surface area contributed by atoms with Crippen molar-refractivity contribution >= 4 is 5.91 Å². The van der Waals surface area contributed by atoms with Crippen molar-refractivity contribution in [3.05, 3.63) is 36.5 Å². The molecular formula is C54H99NO13. The predicted molar refractivity (Wildman–Crippen MR) is 268 cm³/mol. The fraction of sp³-hybridized carbons (Fsp3) is 0.870. The fourth-order valence-electron chi connectivity index (χ4n) is 8.96. The van der Waals surface area contributed by atoms with Gasteiger partial charge in [-0.1, -0.05) is 192 Å². The third kappa shape index (κ3) is 27.1. The zero-order chi connectivity index (χ0) is 49.6. The quantitative estimate of drug-likeness (QED) is 0.0210. The summed E-state index contributed by atoms with van der Waals surface area (Å²) in [5, 5.41) is 87.0. The standard InChI is InChI=1S/C54H99NO13/c1-3-5-7-9-11-13-15-17-19-20-21-22-24-25-27-29-31-33-35-37-43(58)42(55-46(59)38-36-34-32-30-28-26-23-18-16-14-12-10-8-6-4-2)41-65-53-51(64)49(62)52(45(40-57)67-53)68-54-50(63)48(61)47(60)44(39-56)66-54/h6,8,12,14,18,23,42-45,47-54,56-58,60-64H,3-5,7,9-11,13,15-17,19-22,24-41H2,1-2H3,(H,55,59)/b8-6-,14-12-,23-18-. The maximum atomic E-state index is 13.2. The van der Waals surface area contributed by atoms with E-state index in [1.54, 1.807) is 0 Å². The van der Waals surface area contributed by atoms with Crippen LogP contribution in [0.2, 0.25) is 0 Å². The molecule has 0 bridgehead atoms. The fourth-order valence-corrected chi connectivity index (χ4v) is 8.96. The molecule has 9 N–H and O–H groups in total. The highest BCUT2D eigenvalue weighted by molar-refractivity contribution is 5.76. The van der Waals surface area contributed by atoms with Gasteiger partial charge < -0.3 is 65.1 Å². The number of carbonyl (C=O) groups is 1. The smallest absolute Gasteiger partial charge is 0.220 e. The number of rotatable bonds is 42. The Kier molecular flexibility index (Phi) is 37.4. The lowest BCUT2D eigenvalue weighted by atomic mass is 9.97. The maximum Gasteiger partial charge on any atom is 0.220 e. The van der Waals surface area contributed by atoms with Crippen molar-refractivity contribution in [1.82, 2.24) is 5.32 Å². The predicted octanol–water partition coefficient (Wildman–Crippen LogP) is 7.88. The van der Waals surface area contributed by atoms with E-state index in [-0.39, 0.29) is 18.9 Å². The molecule has 0 aromatic heterocycles. The Bertz CT molecular complexity index is 1280. The van der Waals surface area contributed by atoms with Crippen molar-refractivity contribution < 1.29 is 64.6 Å². The number of hydrogen-bond donors (Lipinski definition) is 9. The van der Waals surface area contributed by atoms with Crippen LogP contribution in [0, 0.1) is 0 Å². The minimum absolute atomic E-state index is 0.224. The van der Waals surface area contributed by atoms with Crippen molar-refractivity contribution in [3.63, 3.8) is 0 Å². The molecule has 2 rings (SSSR count). The summed E-state index contributed by atoms with van der Waals surface area (Å²) in [5.41, 5.74) is 0. The molecule has 2 aliphatic heterocycles. The maximum absolute atomic E-state index is 13.2. The lowest BCUT2D eigenvalue weighted by Crippen LogP contribution is -2.65. The summed E-state index contributed by atoms with van der Waals surface area (Å²) in [6, 6.07) is -0.837. The van der Waals surface area contributed by atoms with Crippen molar-refractivity contribution in [3.8, 4) is 0 Å². The average Bonchev–Trinajstić information content (AvgIpc) is 3.34. The van der Waals surface area contributed by atoms with E-state index < -0.39 is 86.8 Å². The lowest BCUT2D eigenvalue weighted by Gasteiger charge is -2.46. The van der Waals surface area contributed by atoms with E-state index in [1.807, 2.05) is 0 Å². The van der Waals surface area contributed by atoms with Crippen LogP contribution >= 0.6 is 0 Å². The molecule has 12 atom stereocenters. The summed E-state index contributed by atoms with van der Waals surface area (Å²) < 4.78 is 22.8. The third-order valence-electron chi connectivity index (χ3n) is 13.4. The number of hydrogen-bond acceptors (Lipinski definition) is 13. The van der Waals surface area contributed by atoms with Crippen LogP contribution in [0.1, 0.15) is 206 Å². The van der Waals surface area contributed by atoms with E-state index >= 15 is 0 Å². The van der Waals surface area contributed by atoms with Crippen molar-refractivity contribution in [2.45, 2.75) is 280 Å². The molecule has 0 spiro atoms. The molecule has 2 heterocycles. The zero-order valence-electron chi connectivity index (χ0n) is 42.3. The summed E-state index contributed by atoms with van der Waals surface area (Å²) in [6.07, 6.45) is 30.0. The normalized spacial score (nSPS) is 26.6. The average molecular weight is 970 g/mol. The van der Waals surface area contributed by atoms with Gasteiger partial charge in [-0.2, -0.15) is 0 Å². The molecule has 2 fully saturated rings. The van der Waals surface area contributed by atoms with Crippen LogP contribution in [0.4, 0.5) is 0 Å². The first kappa shape index (κ1) is 62.3. The Hall–Kier alpha value is -1.79. The van der Waals surface area contributed by atoms with E-state index in [2.05, 4.69) is 55.6 Å². The Morgan fingerprint density at radius 3 is 1.56 bits per heavy atom. The minimum atomic E-state index is -1.78. The first-order valence-electron chi connectivity index (χ1n) is 27.2. The highest BCUT2D eigenvalue weighted by Gasteiger charge is 2.51. The molecule has 0 saturated carbocycles. The minimum Gasteiger partial charge on any atom is -0.394 e. The van der Waals surface area contributed by atoms with Gasteiger partial charge in [-0.3, -0.25) is 4.79 Å². The number of aliphatic hydroxyl groups is 8. The Labute approximate surface area is 411 Å². The Morgan fingerprint density at radius 1 is 0.544 bits per heavy atom. The van der Waals surface area contributed by atoms with Crippen LogP contribution < -0.4 is 5.32 Å². The van der Waals surface area contributed by atoms with Gasteiger partial charge in [0.05, 0.1) is 32.0 Å². The van der Waals surface area contributed by atoms with Gasteiger partial charge in [0.25, 0.3) is 0 Å². The summed E-state index contributed by atoms with van der Waals surface area (Å²) in [4.78, 5) is 13.2. The van der Waals surface area contributed by atoms with Gasteiger partial charge in [0.1, 0.15) is 48.8 Å². The topological polar surface area (TPSA) is 228 Å². The molecule has 12 unspecified atom stereocenters. The lowest BCUT2D eigenvalue weighted by molar-refractivity contribution is -0.359. The number of aliphatic hydroxyl groups excluding tert-OH is 8. The summed E-state index contributed by atoms with van der Waals surface area (Å²) in [6.45, 7) is 2.73. The summed E-state index contributed by atoms with van der Waals surface area (Å²) in [5.74, 6) is -0.224. The van der Waals surface area contributed by atoms with Gasteiger partial charge in [-0.05, 0) is 44.9 Å². The monoisotopic (exact) mass is 970 g/mol. The SMILES string of the molecule is CC/C=C\C/C=C\C/C=C\CCCCCCCC(=O)NC(COC1OC(CO)C(OC2OC(CO)C(O)C(O)C2O)C(O)C1O)C(O)CCCCCCCCCCCCCCCCCCCCC. The van der Waals surface area contributed by atoms with Crippen LogP contribution in [0.5, 0.6) is 0 Å². The highest BCUT2D eigenvalue weighted by Crippen LogP contribution is 2.30. The molecule has 2 saturated heterocycles. The Balaban J connectivity index is 1.80. The second kappa shape index (κ2) is 40.8. The van der Waals surface area contributed by atoms with Crippen LogP contribution in [-0.4, -0.2) is 140 Å². The van der Waals surface area contributed by atoms with Gasteiger partial charge in [-0.25, -0.2) is 0 Å². The molecule has 398 valence electrons. The molecular weight excluding hydrogens is 871 g/mol. The van der Waals surface area contributed by atoms with Crippen LogP contribution in [-0.2, 0) is 23.7 Å². The number of unbranched alkanes of at least 4 members (excludes halogenated alkanes) is 23. The first-order chi connectivity index (χ1) is 33.1. The molecule has 0 radical (unpaired) electrons. The van der Waals surface area contributed by atoms with E-state index in [4.69, 9.17) is 18.9 Å². The molecule has 1 amide bonds. The van der Waals surface area contributed by atoms with E-state index in [9.17, 15) is 45.6 Å². The van der Waals surface area contributed by atoms with Gasteiger partial charge in [0.15, 0.2) is 12.6 Å².